The molecule has 0 amide bonds. The van der Waals surface area contributed by atoms with Crippen molar-refractivity contribution in [1.29, 1.82) is 0 Å². The summed E-state index contributed by atoms with van der Waals surface area (Å²) in [7, 11) is -3.73. The molecular weight excluding hydrogens is 350 g/mol. The Morgan fingerprint density at radius 3 is 2.15 bits per heavy atom. The highest BCUT2D eigenvalue weighted by molar-refractivity contribution is 7.92. The fraction of sp³-hybridized carbons (Fsp3) is 0.158. The molecule has 3 aromatic rings. The number of rotatable bonds is 5. The van der Waals surface area contributed by atoms with E-state index in [4.69, 9.17) is 4.74 Å². The van der Waals surface area contributed by atoms with Crippen LogP contribution in [0.5, 0.6) is 11.8 Å². The minimum absolute atomic E-state index is 0.140. The van der Waals surface area contributed by atoms with E-state index >= 15 is 0 Å². The molecule has 0 unspecified atom stereocenters. The summed E-state index contributed by atoms with van der Waals surface area (Å²) in [4.78, 5) is 8.33. The van der Waals surface area contributed by atoms with E-state index in [9.17, 15) is 8.42 Å². The van der Waals surface area contributed by atoms with Crippen LogP contribution in [0, 0.1) is 20.8 Å². The smallest absolute Gasteiger partial charge is 0.322 e. The summed E-state index contributed by atoms with van der Waals surface area (Å²) in [5, 5.41) is 0. The Labute approximate surface area is 153 Å². The molecule has 1 N–H and O–H groups in total. The Hall–Kier alpha value is -2.93. The zero-order valence-corrected chi connectivity index (χ0v) is 15.5. The molecule has 0 spiro atoms. The number of para-hydroxylation sites is 1. The fourth-order valence-corrected chi connectivity index (χ4v) is 3.79. The number of nitrogens with zero attached hydrogens (tertiary/aromatic N) is 2. The van der Waals surface area contributed by atoms with Gasteiger partial charge in [-0.15, -0.1) is 0 Å². The quantitative estimate of drug-likeness (QED) is 0.735. The van der Waals surface area contributed by atoms with Gasteiger partial charge in [0.1, 0.15) is 5.75 Å². The molecule has 0 bridgehead atoms. The number of ether oxygens (including phenoxy) is 1. The van der Waals surface area contributed by atoms with E-state index in [-0.39, 0.29) is 16.6 Å². The molecule has 0 atom stereocenters. The first-order valence-electron chi connectivity index (χ1n) is 8.01. The second-order valence-electron chi connectivity index (χ2n) is 5.98. The van der Waals surface area contributed by atoms with E-state index in [1.807, 2.05) is 38.1 Å². The topological polar surface area (TPSA) is 81.2 Å². The second-order valence-corrected chi connectivity index (χ2v) is 7.63. The maximum absolute atomic E-state index is 12.7. The van der Waals surface area contributed by atoms with E-state index in [1.165, 1.54) is 12.4 Å². The number of hydrogen-bond donors (Lipinski definition) is 1. The van der Waals surface area contributed by atoms with Crippen LogP contribution in [0.2, 0.25) is 0 Å². The van der Waals surface area contributed by atoms with Gasteiger partial charge in [-0.05, 0) is 55.7 Å². The maximum atomic E-state index is 12.7. The summed E-state index contributed by atoms with van der Waals surface area (Å²) >= 11 is 0. The molecule has 0 saturated carbocycles. The molecule has 134 valence electrons. The summed E-state index contributed by atoms with van der Waals surface area (Å²) < 4.78 is 33.3. The van der Waals surface area contributed by atoms with Gasteiger partial charge in [0.15, 0.2) is 0 Å². The normalized spacial score (nSPS) is 11.2. The lowest BCUT2D eigenvalue weighted by Gasteiger charge is -2.12. The van der Waals surface area contributed by atoms with Crippen molar-refractivity contribution in [3.8, 4) is 11.8 Å². The van der Waals surface area contributed by atoms with Crippen LogP contribution in [0.1, 0.15) is 16.7 Å². The van der Waals surface area contributed by atoms with Gasteiger partial charge in [-0.1, -0.05) is 24.3 Å². The molecule has 2 aromatic carbocycles. The van der Waals surface area contributed by atoms with Crippen LogP contribution in [-0.4, -0.2) is 18.4 Å². The molecule has 3 rings (SSSR count). The molecule has 0 aliphatic carbocycles. The zero-order valence-electron chi connectivity index (χ0n) is 14.7. The first kappa shape index (κ1) is 17.9. The number of aryl methyl sites for hydroxylation is 3. The van der Waals surface area contributed by atoms with Crippen molar-refractivity contribution in [2.45, 2.75) is 25.7 Å². The average Bonchev–Trinajstić information content (AvgIpc) is 2.60. The van der Waals surface area contributed by atoms with Crippen LogP contribution in [0.15, 0.2) is 59.8 Å². The van der Waals surface area contributed by atoms with Gasteiger partial charge in [-0.25, -0.2) is 18.4 Å². The molecular formula is C19H19N3O3S. The Morgan fingerprint density at radius 2 is 1.50 bits per heavy atom. The van der Waals surface area contributed by atoms with Gasteiger partial charge in [-0.3, -0.25) is 4.72 Å². The third kappa shape index (κ3) is 4.00. The molecule has 0 radical (unpaired) electrons. The Morgan fingerprint density at radius 1 is 0.885 bits per heavy atom. The van der Waals surface area contributed by atoms with E-state index < -0.39 is 10.0 Å². The van der Waals surface area contributed by atoms with Crippen LogP contribution in [-0.2, 0) is 10.0 Å². The average molecular weight is 369 g/mol. The van der Waals surface area contributed by atoms with Crippen LogP contribution >= 0.6 is 0 Å². The fourth-order valence-electron chi connectivity index (χ4n) is 2.45. The number of aromatic nitrogens is 2. The molecule has 0 aliphatic heterocycles. The number of benzene rings is 2. The Bertz CT molecular complexity index is 1020. The summed E-state index contributed by atoms with van der Waals surface area (Å²) in [6.07, 6.45) is 2.75. The standard InChI is InChI=1S/C19H19N3O3S/c1-13-9-15(3)18(10-14(13)2)26(23,24)22-16-11-20-19(21-12-16)25-17-7-5-4-6-8-17/h4-12,22H,1-3H3. The monoisotopic (exact) mass is 369 g/mol. The SMILES string of the molecule is Cc1cc(C)c(S(=O)(=O)Nc2cnc(Oc3ccccc3)nc2)cc1C. The largest absolute Gasteiger partial charge is 0.424 e. The summed E-state index contributed by atoms with van der Waals surface area (Å²) in [5.74, 6) is 0.603. The highest BCUT2D eigenvalue weighted by atomic mass is 32.2. The second kappa shape index (κ2) is 7.13. The maximum Gasteiger partial charge on any atom is 0.322 e. The van der Waals surface area contributed by atoms with Crippen LogP contribution in [0.4, 0.5) is 5.69 Å². The highest BCUT2D eigenvalue weighted by Crippen LogP contribution is 2.23. The molecule has 6 nitrogen and oxygen atoms in total. The predicted octanol–water partition coefficient (Wildman–Crippen LogP) is 3.99. The number of hydrogen-bond acceptors (Lipinski definition) is 5. The van der Waals surface area contributed by atoms with Gasteiger partial charge in [0.25, 0.3) is 10.0 Å². The molecule has 0 fully saturated rings. The van der Waals surface area contributed by atoms with Gasteiger partial charge in [0.2, 0.25) is 0 Å². The van der Waals surface area contributed by atoms with Crippen molar-refractivity contribution in [2.24, 2.45) is 0 Å². The first-order chi connectivity index (χ1) is 12.3. The Balaban J connectivity index is 1.79. The number of anilines is 1. The lowest BCUT2D eigenvalue weighted by atomic mass is 10.1. The summed E-state index contributed by atoms with van der Waals surface area (Å²) in [5.41, 5.74) is 2.92. The molecule has 26 heavy (non-hydrogen) atoms. The summed E-state index contributed by atoms with van der Waals surface area (Å²) in [6, 6.07) is 12.8. The van der Waals surface area contributed by atoms with Crippen LogP contribution in [0.3, 0.4) is 0 Å². The molecule has 1 aromatic heterocycles. The first-order valence-corrected chi connectivity index (χ1v) is 9.49. The summed E-state index contributed by atoms with van der Waals surface area (Å²) in [6.45, 7) is 5.60. The molecule has 0 saturated heterocycles. The molecule has 7 heteroatoms. The van der Waals surface area contributed by atoms with E-state index in [1.54, 1.807) is 25.1 Å². The number of sulfonamides is 1. The van der Waals surface area contributed by atoms with Crippen molar-refractivity contribution in [2.75, 3.05) is 4.72 Å². The van der Waals surface area contributed by atoms with Gasteiger partial charge in [0.05, 0.1) is 23.0 Å². The minimum atomic E-state index is -3.73. The Kier molecular flexibility index (Phi) is 4.90. The minimum Gasteiger partial charge on any atom is -0.424 e. The van der Waals surface area contributed by atoms with Gasteiger partial charge in [-0.2, -0.15) is 0 Å². The van der Waals surface area contributed by atoms with Crippen molar-refractivity contribution in [3.63, 3.8) is 0 Å². The zero-order chi connectivity index (χ0) is 18.7. The third-order valence-electron chi connectivity index (χ3n) is 3.91. The van der Waals surface area contributed by atoms with E-state index in [0.29, 0.717) is 11.3 Å². The lowest BCUT2D eigenvalue weighted by Crippen LogP contribution is -2.15. The third-order valence-corrected chi connectivity index (χ3v) is 5.44. The van der Waals surface area contributed by atoms with Crippen LogP contribution in [0.25, 0.3) is 0 Å². The van der Waals surface area contributed by atoms with Crippen LogP contribution < -0.4 is 9.46 Å². The van der Waals surface area contributed by atoms with Gasteiger partial charge in [0, 0.05) is 0 Å². The number of nitrogens with one attached hydrogen (secondary N) is 1. The lowest BCUT2D eigenvalue weighted by molar-refractivity contribution is 0.442. The van der Waals surface area contributed by atoms with Gasteiger partial charge < -0.3 is 4.74 Å². The highest BCUT2D eigenvalue weighted by Gasteiger charge is 2.18. The van der Waals surface area contributed by atoms with Gasteiger partial charge >= 0.3 is 6.01 Å². The molecule has 0 aliphatic rings. The predicted molar refractivity (Wildman–Crippen MR) is 100 cm³/mol. The molecule has 1 heterocycles. The van der Waals surface area contributed by atoms with Crippen molar-refractivity contribution < 1.29 is 13.2 Å². The van der Waals surface area contributed by atoms with Crippen molar-refractivity contribution in [1.82, 2.24) is 9.97 Å². The van der Waals surface area contributed by atoms with Crippen molar-refractivity contribution >= 4 is 15.7 Å². The van der Waals surface area contributed by atoms with Crippen molar-refractivity contribution in [3.05, 3.63) is 71.5 Å². The van der Waals surface area contributed by atoms with E-state index in [0.717, 1.165) is 11.1 Å². The van der Waals surface area contributed by atoms with E-state index in [2.05, 4.69) is 14.7 Å².